The number of fused-ring (bicyclic) bond motifs is 1. The van der Waals surface area contributed by atoms with E-state index in [1.807, 2.05) is 6.92 Å². The summed E-state index contributed by atoms with van der Waals surface area (Å²) >= 11 is 1.19. The summed E-state index contributed by atoms with van der Waals surface area (Å²) in [6, 6.07) is 0. The van der Waals surface area contributed by atoms with Gasteiger partial charge in [0.2, 0.25) is 0 Å². The number of thiophene rings is 1. The fourth-order valence-electron chi connectivity index (χ4n) is 2.06. The molecule has 0 N–H and O–H groups in total. The van der Waals surface area contributed by atoms with Crippen LogP contribution < -0.4 is 5.56 Å². The molecule has 0 aliphatic rings. The number of nitrogens with zero attached hydrogens (tertiary/aromatic N) is 2. The largest absolute Gasteiger partial charge is 0.462 e. The normalized spacial score (nSPS) is 11.0. The van der Waals surface area contributed by atoms with Crippen molar-refractivity contribution >= 4 is 33.5 Å². The molecular weight excluding hydrogens is 332 g/mol. The third-order valence-corrected chi connectivity index (χ3v) is 4.06. The van der Waals surface area contributed by atoms with E-state index in [2.05, 4.69) is 4.98 Å². The number of hydrogen-bond acceptors (Lipinski definition) is 7. The molecule has 0 aliphatic heterocycles. The molecule has 7 nitrogen and oxygen atoms in total. The second-order valence-corrected chi connectivity index (χ2v) is 6.39. The fourth-order valence-corrected chi connectivity index (χ4v) is 2.92. The number of ether oxygens (including phenoxy) is 2. The third-order valence-electron chi connectivity index (χ3n) is 3.18. The van der Waals surface area contributed by atoms with Crippen molar-refractivity contribution in [3.05, 3.63) is 27.6 Å². The van der Waals surface area contributed by atoms with Gasteiger partial charge in [-0.1, -0.05) is 13.3 Å². The van der Waals surface area contributed by atoms with Crippen LogP contribution in [0.4, 0.5) is 0 Å². The van der Waals surface area contributed by atoms with Gasteiger partial charge in [-0.2, -0.15) is 0 Å². The first-order valence-corrected chi connectivity index (χ1v) is 8.65. The first-order valence-electron chi connectivity index (χ1n) is 7.77. The topological polar surface area (TPSA) is 87.5 Å². The Morgan fingerprint density at radius 2 is 2.12 bits per heavy atom. The highest BCUT2D eigenvalue weighted by Crippen LogP contribution is 2.21. The molecule has 0 fully saturated rings. The second kappa shape index (κ2) is 8.05. The van der Waals surface area contributed by atoms with Crippen LogP contribution in [-0.2, 0) is 20.8 Å². The number of rotatable bonds is 7. The Morgan fingerprint density at radius 1 is 1.38 bits per heavy atom. The van der Waals surface area contributed by atoms with Crippen LogP contribution in [0.1, 0.15) is 44.0 Å². The Labute approximate surface area is 143 Å². The van der Waals surface area contributed by atoms with Crippen molar-refractivity contribution in [2.75, 3.05) is 6.61 Å². The first kappa shape index (κ1) is 18.1. The van der Waals surface area contributed by atoms with E-state index in [0.29, 0.717) is 11.4 Å². The van der Waals surface area contributed by atoms with E-state index in [-0.39, 0.29) is 23.6 Å². The average Bonchev–Trinajstić information content (AvgIpc) is 2.94. The maximum Gasteiger partial charge on any atom is 0.339 e. The van der Waals surface area contributed by atoms with Gasteiger partial charge in [0.1, 0.15) is 11.4 Å². The lowest BCUT2D eigenvalue weighted by molar-refractivity contribution is -0.148. The summed E-state index contributed by atoms with van der Waals surface area (Å²) in [4.78, 5) is 41.0. The zero-order chi connectivity index (χ0) is 17.7. The van der Waals surface area contributed by atoms with E-state index in [1.165, 1.54) is 17.7 Å². The lowest BCUT2D eigenvalue weighted by atomic mass is 10.2. The molecule has 0 aliphatic carbocycles. The van der Waals surface area contributed by atoms with Crippen molar-refractivity contribution in [1.82, 2.24) is 9.55 Å². The number of hydrogen-bond donors (Lipinski definition) is 0. The van der Waals surface area contributed by atoms with Gasteiger partial charge in [0.15, 0.2) is 0 Å². The molecule has 2 heterocycles. The van der Waals surface area contributed by atoms with Gasteiger partial charge in [0.05, 0.1) is 30.0 Å². The summed E-state index contributed by atoms with van der Waals surface area (Å²) in [7, 11) is 0. The summed E-state index contributed by atoms with van der Waals surface area (Å²) < 4.78 is 11.3. The van der Waals surface area contributed by atoms with E-state index >= 15 is 0 Å². The van der Waals surface area contributed by atoms with Crippen molar-refractivity contribution in [2.45, 2.75) is 46.3 Å². The fraction of sp³-hybridized carbons (Fsp3) is 0.500. The molecule has 0 radical (unpaired) electrons. The maximum atomic E-state index is 12.6. The van der Waals surface area contributed by atoms with Gasteiger partial charge in [0, 0.05) is 5.38 Å². The van der Waals surface area contributed by atoms with Crippen molar-refractivity contribution in [3.63, 3.8) is 0 Å². The van der Waals surface area contributed by atoms with Crippen LogP contribution in [0.3, 0.4) is 0 Å². The number of esters is 2. The highest BCUT2D eigenvalue weighted by atomic mass is 32.1. The number of carbonyl (C=O) groups is 2. The highest BCUT2D eigenvalue weighted by molar-refractivity contribution is 7.17. The number of unbranched alkanes of at least 4 members (excludes halogenated alkanes) is 1. The number of aromatic nitrogens is 2. The second-order valence-electron chi connectivity index (χ2n) is 5.54. The van der Waals surface area contributed by atoms with E-state index in [1.54, 1.807) is 19.2 Å². The van der Waals surface area contributed by atoms with Crippen molar-refractivity contribution in [3.8, 4) is 0 Å². The minimum Gasteiger partial charge on any atom is -0.462 e. The molecule has 0 unspecified atom stereocenters. The quantitative estimate of drug-likeness (QED) is 0.561. The summed E-state index contributed by atoms with van der Waals surface area (Å²) in [5, 5.41) is 1.74. The summed E-state index contributed by atoms with van der Waals surface area (Å²) in [6.45, 7) is 5.51. The molecule has 0 bridgehead atoms. The van der Waals surface area contributed by atoms with Crippen molar-refractivity contribution < 1.29 is 19.1 Å². The number of carbonyl (C=O) groups excluding carboxylic acids is 2. The summed E-state index contributed by atoms with van der Waals surface area (Å²) in [5.41, 5.74) is -0.264. The highest BCUT2D eigenvalue weighted by Gasteiger charge is 2.19. The van der Waals surface area contributed by atoms with Crippen LogP contribution in [0.15, 0.2) is 16.5 Å². The molecule has 0 aromatic carbocycles. The minimum absolute atomic E-state index is 0.182. The van der Waals surface area contributed by atoms with Gasteiger partial charge in [-0.15, -0.1) is 11.3 Å². The van der Waals surface area contributed by atoms with Gasteiger partial charge in [-0.3, -0.25) is 14.2 Å². The first-order chi connectivity index (χ1) is 11.4. The molecule has 8 heteroatoms. The van der Waals surface area contributed by atoms with Crippen LogP contribution in [0.25, 0.3) is 10.2 Å². The zero-order valence-corrected chi connectivity index (χ0v) is 14.7. The van der Waals surface area contributed by atoms with Crippen LogP contribution in [0.2, 0.25) is 0 Å². The lowest BCUT2D eigenvalue weighted by Crippen LogP contribution is -2.27. The molecule has 130 valence electrons. The zero-order valence-electron chi connectivity index (χ0n) is 13.9. The molecule has 24 heavy (non-hydrogen) atoms. The predicted octanol–water partition coefficient (Wildman–Crippen LogP) is 2.37. The Kier molecular flexibility index (Phi) is 6.08. The molecule has 2 aromatic heterocycles. The van der Waals surface area contributed by atoms with Gasteiger partial charge >= 0.3 is 11.9 Å². The molecule has 2 aromatic rings. The Bertz CT molecular complexity index is 793. The van der Waals surface area contributed by atoms with Gasteiger partial charge in [-0.25, -0.2) is 9.78 Å². The Morgan fingerprint density at radius 3 is 2.79 bits per heavy atom. The molecule has 2 rings (SSSR count). The molecule has 0 atom stereocenters. The van der Waals surface area contributed by atoms with E-state index < -0.39 is 17.5 Å². The third kappa shape index (κ3) is 4.19. The predicted molar refractivity (Wildman–Crippen MR) is 90.3 cm³/mol. The van der Waals surface area contributed by atoms with Gasteiger partial charge in [0.25, 0.3) is 5.56 Å². The maximum absolute atomic E-state index is 12.6. The monoisotopic (exact) mass is 352 g/mol. The smallest absolute Gasteiger partial charge is 0.339 e. The van der Waals surface area contributed by atoms with E-state index in [9.17, 15) is 14.4 Å². The standard InChI is InChI=1S/C16H20N2O5S/c1-4-5-6-22-16(21)11-8-24-14-13(11)15(20)18(9-17-14)7-12(19)23-10(2)3/h8-10H,4-7H2,1-3H3. The Hall–Kier alpha value is -2.22. The van der Waals surface area contributed by atoms with Crippen LogP contribution >= 0.6 is 11.3 Å². The van der Waals surface area contributed by atoms with Crippen LogP contribution in [0, 0.1) is 0 Å². The molecule has 0 spiro atoms. The summed E-state index contributed by atoms with van der Waals surface area (Å²) in [6.07, 6.45) is 2.69. The molecule has 0 amide bonds. The average molecular weight is 352 g/mol. The lowest BCUT2D eigenvalue weighted by Gasteiger charge is -2.09. The molecular formula is C16H20N2O5S. The van der Waals surface area contributed by atoms with Gasteiger partial charge in [-0.05, 0) is 20.3 Å². The SMILES string of the molecule is CCCCOC(=O)c1csc2ncn(CC(=O)OC(C)C)c(=O)c12. The molecule has 0 saturated carbocycles. The van der Waals surface area contributed by atoms with Crippen molar-refractivity contribution in [2.24, 2.45) is 0 Å². The Balaban J connectivity index is 2.29. The van der Waals surface area contributed by atoms with Crippen LogP contribution in [0.5, 0.6) is 0 Å². The molecule has 0 saturated heterocycles. The summed E-state index contributed by atoms with van der Waals surface area (Å²) in [5.74, 6) is -1.08. The minimum atomic E-state index is -0.545. The van der Waals surface area contributed by atoms with Crippen LogP contribution in [-0.4, -0.2) is 34.2 Å². The van der Waals surface area contributed by atoms with Crippen molar-refractivity contribution in [1.29, 1.82) is 0 Å². The van der Waals surface area contributed by atoms with E-state index in [4.69, 9.17) is 9.47 Å². The van der Waals surface area contributed by atoms with E-state index in [0.717, 1.165) is 17.4 Å². The van der Waals surface area contributed by atoms with Gasteiger partial charge < -0.3 is 9.47 Å².